The SMILES string of the molecule is C[C@H]1CC[C@H](Nc2cc[nH]c3cncc2-3)CC1. The summed E-state index contributed by atoms with van der Waals surface area (Å²) in [7, 11) is 0. The molecule has 1 fully saturated rings. The first-order valence-electron chi connectivity index (χ1n) is 6.50. The van der Waals surface area contributed by atoms with E-state index in [-0.39, 0.29) is 0 Å². The molecule has 2 aliphatic heterocycles. The molecule has 1 saturated carbocycles. The van der Waals surface area contributed by atoms with Gasteiger partial charge in [-0.1, -0.05) is 6.92 Å². The highest BCUT2D eigenvalue weighted by molar-refractivity contribution is 5.75. The second-order valence-electron chi connectivity index (χ2n) is 5.23. The number of nitrogens with zero attached hydrogens (tertiary/aromatic N) is 1. The molecule has 0 aromatic carbocycles. The zero-order valence-electron chi connectivity index (χ0n) is 10.2. The van der Waals surface area contributed by atoms with Gasteiger partial charge in [0.2, 0.25) is 0 Å². The molecule has 0 aromatic rings. The van der Waals surface area contributed by atoms with Crippen LogP contribution in [0.3, 0.4) is 0 Å². The van der Waals surface area contributed by atoms with E-state index in [1.54, 1.807) is 0 Å². The lowest BCUT2D eigenvalue weighted by atomic mass is 9.87. The van der Waals surface area contributed by atoms with E-state index in [2.05, 4.69) is 28.3 Å². The van der Waals surface area contributed by atoms with Gasteiger partial charge in [0.25, 0.3) is 0 Å². The Morgan fingerprint density at radius 3 is 2.88 bits per heavy atom. The highest BCUT2D eigenvalue weighted by Gasteiger charge is 2.19. The summed E-state index contributed by atoms with van der Waals surface area (Å²) in [6.45, 7) is 2.35. The average Bonchev–Trinajstić information content (AvgIpc) is 2.81. The number of pyridine rings is 1. The molecule has 0 aromatic heterocycles. The van der Waals surface area contributed by atoms with E-state index in [9.17, 15) is 0 Å². The highest BCUT2D eigenvalue weighted by Crippen LogP contribution is 2.31. The van der Waals surface area contributed by atoms with Crippen LogP contribution in [0.5, 0.6) is 0 Å². The molecule has 0 spiro atoms. The van der Waals surface area contributed by atoms with Gasteiger partial charge < -0.3 is 10.3 Å². The average molecular weight is 229 g/mol. The van der Waals surface area contributed by atoms with Crippen LogP contribution >= 0.6 is 0 Å². The predicted octanol–water partition coefficient (Wildman–Crippen LogP) is 3.51. The van der Waals surface area contributed by atoms with Crippen molar-refractivity contribution in [3.63, 3.8) is 0 Å². The normalized spacial score (nSPS) is 25.0. The topological polar surface area (TPSA) is 40.7 Å². The molecule has 0 radical (unpaired) electrons. The minimum atomic E-state index is 0.631. The molecule has 3 nitrogen and oxygen atoms in total. The monoisotopic (exact) mass is 229 g/mol. The fourth-order valence-corrected chi connectivity index (χ4v) is 2.71. The van der Waals surface area contributed by atoms with E-state index in [0.717, 1.165) is 11.6 Å². The molecule has 3 heteroatoms. The van der Waals surface area contributed by atoms with Crippen LogP contribution in [0.2, 0.25) is 0 Å². The quantitative estimate of drug-likeness (QED) is 0.827. The summed E-state index contributed by atoms with van der Waals surface area (Å²) in [5.74, 6) is 0.901. The van der Waals surface area contributed by atoms with Crippen molar-refractivity contribution in [2.45, 2.75) is 38.6 Å². The maximum absolute atomic E-state index is 4.20. The summed E-state index contributed by atoms with van der Waals surface area (Å²) in [6, 6.07) is 2.74. The lowest BCUT2D eigenvalue weighted by Crippen LogP contribution is -2.25. The van der Waals surface area contributed by atoms with Crippen molar-refractivity contribution in [3.8, 4) is 11.3 Å². The molecule has 17 heavy (non-hydrogen) atoms. The summed E-state index contributed by atoms with van der Waals surface area (Å²) < 4.78 is 0. The number of anilines is 1. The minimum absolute atomic E-state index is 0.631. The first kappa shape index (κ1) is 10.6. The fourth-order valence-electron chi connectivity index (χ4n) is 2.71. The number of aromatic amines is 1. The van der Waals surface area contributed by atoms with Crippen molar-refractivity contribution >= 4 is 5.69 Å². The number of hydrogen-bond donors (Lipinski definition) is 2. The van der Waals surface area contributed by atoms with Gasteiger partial charge in [-0.3, -0.25) is 4.98 Å². The lowest BCUT2D eigenvalue weighted by molar-refractivity contribution is 0.361. The zero-order chi connectivity index (χ0) is 11.7. The number of rotatable bonds is 2. The molecule has 1 aliphatic carbocycles. The zero-order valence-corrected chi connectivity index (χ0v) is 10.2. The summed E-state index contributed by atoms with van der Waals surface area (Å²) in [5.41, 5.74) is 3.53. The molecule has 3 aliphatic rings. The summed E-state index contributed by atoms with van der Waals surface area (Å²) in [6.07, 6.45) is 11.1. The van der Waals surface area contributed by atoms with Crippen molar-refractivity contribution in [1.29, 1.82) is 0 Å². The molecular weight excluding hydrogens is 210 g/mol. The lowest BCUT2D eigenvalue weighted by Gasteiger charge is -2.28. The smallest absolute Gasteiger partial charge is 0.0675 e. The van der Waals surface area contributed by atoms with Crippen LogP contribution in [0.1, 0.15) is 32.6 Å². The second kappa shape index (κ2) is 4.40. The molecular formula is C14H19N3. The number of hydrogen-bond acceptors (Lipinski definition) is 2. The van der Waals surface area contributed by atoms with Crippen LogP contribution < -0.4 is 5.32 Å². The van der Waals surface area contributed by atoms with E-state index in [1.807, 2.05) is 18.6 Å². The van der Waals surface area contributed by atoms with Gasteiger partial charge in [0.15, 0.2) is 0 Å². The van der Waals surface area contributed by atoms with Gasteiger partial charge in [0, 0.05) is 29.7 Å². The van der Waals surface area contributed by atoms with Crippen molar-refractivity contribution in [2.75, 3.05) is 5.32 Å². The van der Waals surface area contributed by atoms with Crippen molar-refractivity contribution in [1.82, 2.24) is 9.97 Å². The number of aromatic nitrogens is 2. The van der Waals surface area contributed by atoms with Crippen LogP contribution in [-0.4, -0.2) is 16.0 Å². The van der Waals surface area contributed by atoms with Crippen molar-refractivity contribution in [2.24, 2.45) is 5.92 Å². The largest absolute Gasteiger partial charge is 0.382 e. The van der Waals surface area contributed by atoms with Gasteiger partial charge in [-0.2, -0.15) is 0 Å². The Bertz CT molecular complexity index is 455. The fraction of sp³-hybridized carbons (Fsp3) is 0.500. The van der Waals surface area contributed by atoms with E-state index >= 15 is 0 Å². The molecule has 2 heterocycles. The molecule has 0 atom stereocenters. The van der Waals surface area contributed by atoms with Gasteiger partial charge in [0.1, 0.15) is 0 Å². The standard InChI is InChI=1S/C14H19N3/c1-10-2-4-11(5-3-10)17-13-6-7-16-14-9-15-8-12(13)14/h6-11,16-17H,2-5H2,1H3/t10-,11-. The molecule has 3 rings (SSSR count). The second-order valence-corrected chi connectivity index (χ2v) is 5.23. The Hall–Kier alpha value is -1.51. The van der Waals surface area contributed by atoms with Crippen molar-refractivity contribution in [3.05, 3.63) is 24.7 Å². The molecule has 0 amide bonds. The van der Waals surface area contributed by atoms with E-state index < -0.39 is 0 Å². The van der Waals surface area contributed by atoms with Gasteiger partial charge in [-0.15, -0.1) is 0 Å². The van der Waals surface area contributed by atoms with Crippen LogP contribution in [0.15, 0.2) is 24.7 Å². The molecule has 0 saturated heterocycles. The highest BCUT2D eigenvalue weighted by atomic mass is 14.9. The third-order valence-corrected chi connectivity index (χ3v) is 3.85. The van der Waals surface area contributed by atoms with E-state index in [4.69, 9.17) is 0 Å². The first-order chi connectivity index (χ1) is 8.33. The number of nitrogens with one attached hydrogen (secondary N) is 2. The molecule has 2 N–H and O–H groups in total. The van der Waals surface area contributed by atoms with Crippen LogP contribution in [0, 0.1) is 5.92 Å². The first-order valence-corrected chi connectivity index (χ1v) is 6.50. The van der Waals surface area contributed by atoms with Gasteiger partial charge in [0.05, 0.1) is 11.9 Å². The summed E-state index contributed by atoms with van der Waals surface area (Å²) in [4.78, 5) is 7.41. The van der Waals surface area contributed by atoms with Crippen LogP contribution in [0.25, 0.3) is 11.3 Å². The van der Waals surface area contributed by atoms with Gasteiger partial charge >= 0.3 is 0 Å². The Morgan fingerprint density at radius 2 is 2.06 bits per heavy atom. The third kappa shape index (κ3) is 2.14. The number of H-pyrrole nitrogens is 1. The van der Waals surface area contributed by atoms with Crippen LogP contribution in [0.4, 0.5) is 5.69 Å². The Balaban J connectivity index is 1.75. The minimum Gasteiger partial charge on any atom is -0.382 e. The van der Waals surface area contributed by atoms with E-state index in [0.29, 0.717) is 6.04 Å². The molecule has 0 unspecified atom stereocenters. The third-order valence-electron chi connectivity index (χ3n) is 3.85. The van der Waals surface area contributed by atoms with Gasteiger partial charge in [-0.05, 0) is 37.7 Å². The Labute approximate surface area is 102 Å². The van der Waals surface area contributed by atoms with Gasteiger partial charge in [-0.25, -0.2) is 0 Å². The maximum Gasteiger partial charge on any atom is 0.0675 e. The molecule has 90 valence electrons. The molecule has 0 bridgehead atoms. The Kier molecular flexibility index (Phi) is 2.75. The summed E-state index contributed by atoms with van der Waals surface area (Å²) >= 11 is 0. The predicted molar refractivity (Wildman–Crippen MR) is 70.3 cm³/mol. The maximum atomic E-state index is 4.20. The number of fused-ring (bicyclic) bond motifs is 1. The van der Waals surface area contributed by atoms with Crippen molar-refractivity contribution < 1.29 is 0 Å². The van der Waals surface area contributed by atoms with E-state index in [1.165, 1.54) is 36.9 Å². The summed E-state index contributed by atoms with van der Waals surface area (Å²) in [5, 5.41) is 3.67. The Morgan fingerprint density at radius 1 is 1.24 bits per heavy atom. The van der Waals surface area contributed by atoms with Crippen LogP contribution in [-0.2, 0) is 0 Å².